The molecule has 0 aliphatic heterocycles. The Kier molecular flexibility index (Phi) is 3.44. The van der Waals surface area contributed by atoms with Gasteiger partial charge in [-0.3, -0.25) is 10.3 Å². The molecule has 1 heterocycles. The first-order valence-electron chi connectivity index (χ1n) is 4.05. The van der Waals surface area contributed by atoms with Gasteiger partial charge in [-0.1, -0.05) is 0 Å². The normalized spacial score (nSPS) is 8.86. The van der Waals surface area contributed by atoms with Gasteiger partial charge in [0.15, 0.2) is 0 Å². The Labute approximate surface area is 81.3 Å². The molecule has 0 bridgehead atoms. The van der Waals surface area contributed by atoms with E-state index in [2.05, 4.69) is 15.0 Å². The number of nitrogens with one attached hydrogen (secondary N) is 1. The second-order valence-electron chi connectivity index (χ2n) is 2.38. The lowest BCUT2D eigenvalue weighted by atomic mass is 10.2. The monoisotopic (exact) mass is 191 g/mol. The molecule has 0 saturated carbocycles. The van der Waals surface area contributed by atoms with Crippen LogP contribution < -0.4 is 5.32 Å². The molecule has 72 valence electrons. The Morgan fingerprint density at radius 2 is 2.57 bits per heavy atom. The van der Waals surface area contributed by atoms with Gasteiger partial charge in [-0.05, 0) is 13.0 Å². The third-order valence-electron chi connectivity index (χ3n) is 1.45. The van der Waals surface area contributed by atoms with Crippen molar-refractivity contribution in [3.8, 4) is 6.07 Å². The highest BCUT2D eigenvalue weighted by Gasteiger charge is 2.05. The Balaban J connectivity index is 2.77. The number of hydrogen-bond acceptors (Lipinski definition) is 4. The van der Waals surface area contributed by atoms with E-state index >= 15 is 0 Å². The minimum atomic E-state index is -0.574. The van der Waals surface area contributed by atoms with Crippen LogP contribution in [0.4, 0.5) is 10.5 Å². The summed E-state index contributed by atoms with van der Waals surface area (Å²) >= 11 is 0. The minimum Gasteiger partial charge on any atom is -0.450 e. The van der Waals surface area contributed by atoms with E-state index in [0.29, 0.717) is 17.9 Å². The number of carbonyl (C=O) groups excluding carboxylic acids is 1. The molecule has 0 aliphatic rings. The van der Waals surface area contributed by atoms with Gasteiger partial charge in [-0.15, -0.1) is 0 Å². The van der Waals surface area contributed by atoms with E-state index in [1.165, 1.54) is 18.5 Å². The van der Waals surface area contributed by atoms with Gasteiger partial charge in [0.2, 0.25) is 0 Å². The van der Waals surface area contributed by atoms with Crippen molar-refractivity contribution >= 4 is 11.8 Å². The van der Waals surface area contributed by atoms with Gasteiger partial charge in [0, 0.05) is 12.4 Å². The molecule has 5 heteroatoms. The Bertz CT molecular complexity index is 371. The maximum absolute atomic E-state index is 11.0. The molecule has 0 aliphatic carbocycles. The summed E-state index contributed by atoms with van der Waals surface area (Å²) in [4.78, 5) is 14.8. The zero-order chi connectivity index (χ0) is 10.4. The predicted molar refractivity (Wildman–Crippen MR) is 49.6 cm³/mol. The quantitative estimate of drug-likeness (QED) is 0.768. The number of nitriles is 1. The molecule has 0 atom stereocenters. The number of anilines is 1. The first kappa shape index (κ1) is 9.99. The van der Waals surface area contributed by atoms with Gasteiger partial charge < -0.3 is 4.74 Å². The van der Waals surface area contributed by atoms with E-state index < -0.39 is 6.09 Å². The average molecular weight is 191 g/mol. The molecule has 14 heavy (non-hydrogen) atoms. The van der Waals surface area contributed by atoms with E-state index in [-0.39, 0.29) is 0 Å². The molecule has 1 N–H and O–H groups in total. The zero-order valence-electron chi connectivity index (χ0n) is 7.65. The molecule has 0 saturated heterocycles. The fraction of sp³-hybridized carbons (Fsp3) is 0.222. The molecular formula is C9H9N3O2. The highest BCUT2D eigenvalue weighted by atomic mass is 16.5. The van der Waals surface area contributed by atoms with E-state index in [1.807, 2.05) is 6.07 Å². The number of rotatable bonds is 2. The van der Waals surface area contributed by atoms with Crippen LogP contribution in [0.3, 0.4) is 0 Å². The van der Waals surface area contributed by atoms with Crippen LogP contribution in [0.5, 0.6) is 0 Å². The van der Waals surface area contributed by atoms with Crippen molar-refractivity contribution in [2.24, 2.45) is 0 Å². The molecule has 1 rings (SSSR count). The van der Waals surface area contributed by atoms with Crippen molar-refractivity contribution in [1.29, 1.82) is 5.26 Å². The standard InChI is InChI=1S/C9H9N3O2/c1-2-14-9(13)12-8-3-4-11-6-7(8)5-10/h3-4,6H,2H2,1H3,(H,11,12,13). The molecular weight excluding hydrogens is 182 g/mol. The van der Waals surface area contributed by atoms with Crippen LogP contribution in [0, 0.1) is 11.3 Å². The summed E-state index contributed by atoms with van der Waals surface area (Å²) in [6, 6.07) is 3.45. The Morgan fingerprint density at radius 1 is 1.79 bits per heavy atom. The number of amides is 1. The first-order valence-corrected chi connectivity index (χ1v) is 4.05. The van der Waals surface area contributed by atoms with Gasteiger partial charge in [0.05, 0.1) is 17.9 Å². The average Bonchev–Trinajstić information content (AvgIpc) is 2.19. The lowest BCUT2D eigenvalue weighted by Gasteiger charge is -2.05. The maximum Gasteiger partial charge on any atom is 0.411 e. The molecule has 1 amide bonds. The van der Waals surface area contributed by atoms with Crippen LogP contribution in [-0.4, -0.2) is 17.7 Å². The number of carbonyl (C=O) groups is 1. The highest BCUT2D eigenvalue weighted by molar-refractivity contribution is 5.86. The highest BCUT2D eigenvalue weighted by Crippen LogP contribution is 2.11. The van der Waals surface area contributed by atoms with Gasteiger partial charge in [0.25, 0.3) is 0 Å². The van der Waals surface area contributed by atoms with Crippen LogP contribution in [0.1, 0.15) is 12.5 Å². The molecule has 0 unspecified atom stereocenters. The number of nitrogens with zero attached hydrogens (tertiary/aromatic N) is 2. The van der Waals surface area contributed by atoms with Gasteiger partial charge in [-0.25, -0.2) is 4.79 Å². The molecule has 1 aromatic heterocycles. The largest absolute Gasteiger partial charge is 0.450 e. The summed E-state index contributed by atoms with van der Waals surface area (Å²) in [5.74, 6) is 0. The van der Waals surface area contributed by atoms with E-state index in [0.717, 1.165) is 0 Å². The summed E-state index contributed by atoms with van der Waals surface area (Å²) in [6.45, 7) is 2.00. The molecule has 0 aromatic carbocycles. The van der Waals surface area contributed by atoms with Crippen molar-refractivity contribution in [2.45, 2.75) is 6.92 Å². The molecule has 1 aromatic rings. The second kappa shape index (κ2) is 4.82. The van der Waals surface area contributed by atoms with Crippen molar-refractivity contribution in [3.05, 3.63) is 24.0 Å². The summed E-state index contributed by atoms with van der Waals surface area (Å²) in [6.07, 6.45) is 2.29. The van der Waals surface area contributed by atoms with Gasteiger partial charge in [0.1, 0.15) is 6.07 Å². The topological polar surface area (TPSA) is 75.0 Å². The van der Waals surface area contributed by atoms with Crippen LogP contribution in [-0.2, 0) is 4.74 Å². The molecule has 5 nitrogen and oxygen atoms in total. The lowest BCUT2D eigenvalue weighted by molar-refractivity contribution is 0.168. The molecule has 0 radical (unpaired) electrons. The minimum absolute atomic E-state index is 0.290. The lowest BCUT2D eigenvalue weighted by Crippen LogP contribution is -2.14. The third kappa shape index (κ3) is 2.45. The van der Waals surface area contributed by atoms with Gasteiger partial charge >= 0.3 is 6.09 Å². The van der Waals surface area contributed by atoms with Crippen LogP contribution >= 0.6 is 0 Å². The van der Waals surface area contributed by atoms with E-state index in [9.17, 15) is 4.79 Å². The maximum atomic E-state index is 11.0. The smallest absolute Gasteiger partial charge is 0.411 e. The van der Waals surface area contributed by atoms with Crippen LogP contribution in [0.2, 0.25) is 0 Å². The summed E-state index contributed by atoms with van der Waals surface area (Å²) in [5.41, 5.74) is 0.710. The SMILES string of the molecule is CCOC(=O)Nc1ccncc1C#N. The van der Waals surface area contributed by atoms with Crippen molar-refractivity contribution in [3.63, 3.8) is 0 Å². The van der Waals surface area contributed by atoms with Crippen molar-refractivity contribution < 1.29 is 9.53 Å². The second-order valence-corrected chi connectivity index (χ2v) is 2.38. The van der Waals surface area contributed by atoms with Crippen LogP contribution in [0.25, 0.3) is 0 Å². The molecule has 0 spiro atoms. The predicted octanol–water partition coefficient (Wildman–Crippen LogP) is 1.52. The fourth-order valence-electron chi connectivity index (χ4n) is 0.870. The van der Waals surface area contributed by atoms with Gasteiger partial charge in [-0.2, -0.15) is 5.26 Å². The third-order valence-corrected chi connectivity index (χ3v) is 1.45. The fourth-order valence-corrected chi connectivity index (χ4v) is 0.870. The first-order chi connectivity index (χ1) is 6.77. The Hall–Kier alpha value is -2.09. The summed E-state index contributed by atoms with van der Waals surface area (Å²) in [7, 11) is 0. The summed E-state index contributed by atoms with van der Waals surface area (Å²) < 4.78 is 4.67. The Morgan fingerprint density at radius 3 is 3.21 bits per heavy atom. The number of hydrogen-bond donors (Lipinski definition) is 1. The van der Waals surface area contributed by atoms with E-state index in [1.54, 1.807) is 6.92 Å². The van der Waals surface area contributed by atoms with Crippen LogP contribution in [0.15, 0.2) is 18.5 Å². The zero-order valence-corrected chi connectivity index (χ0v) is 7.65. The number of aromatic nitrogens is 1. The van der Waals surface area contributed by atoms with E-state index in [4.69, 9.17) is 5.26 Å². The van der Waals surface area contributed by atoms with Crippen molar-refractivity contribution in [1.82, 2.24) is 4.98 Å². The number of pyridine rings is 1. The van der Waals surface area contributed by atoms with Crippen molar-refractivity contribution in [2.75, 3.05) is 11.9 Å². The summed E-state index contributed by atoms with van der Waals surface area (Å²) in [5, 5.41) is 11.1. The number of ether oxygens (including phenoxy) is 1. The molecule has 0 fully saturated rings.